The van der Waals surface area contributed by atoms with Crippen molar-refractivity contribution in [3.63, 3.8) is 0 Å². The zero-order valence-corrected chi connectivity index (χ0v) is 12.2. The van der Waals surface area contributed by atoms with Gasteiger partial charge >= 0.3 is 0 Å². The highest BCUT2D eigenvalue weighted by atomic mass is 35.5. The van der Waals surface area contributed by atoms with Crippen LogP contribution in [0.5, 0.6) is 0 Å². The first-order chi connectivity index (χ1) is 8.56. The van der Waals surface area contributed by atoms with Gasteiger partial charge in [0.1, 0.15) is 0 Å². The lowest BCUT2D eigenvalue weighted by atomic mass is 10.4. The van der Waals surface area contributed by atoms with Gasteiger partial charge in [-0.3, -0.25) is 0 Å². The molecule has 0 saturated carbocycles. The molecular weight excluding hydrogens is 252 g/mol. The van der Waals surface area contributed by atoms with Crippen LogP contribution in [0.1, 0.15) is 13.8 Å². The second-order valence-corrected chi connectivity index (χ2v) is 4.41. The quantitative estimate of drug-likeness (QED) is 0.809. The van der Waals surface area contributed by atoms with E-state index < -0.39 is 0 Å². The summed E-state index contributed by atoms with van der Waals surface area (Å²) in [5.41, 5.74) is 0. The second kappa shape index (κ2) is 7.33. The van der Waals surface area contributed by atoms with E-state index >= 15 is 0 Å². The van der Waals surface area contributed by atoms with E-state index in [1.54, 1.807) is 4.90 Å². The van der Waals surface area contributed by atoms with Gasteiger partial charge in [0.05, 0.1) is 0 Å². The summed E-state index contributed by atoms with van der Waals surface area (Å²) in [4.78, 5) is 16.5. The largest absolute Gasteiger partial charge is 0.353 e. The Kier molecular flexibility index (Phi) is 6.07. The molecule has 0 amide bonds. The molecule has 102 valence electrons. The fourth-order valence-electron chi connectivity index (χ4n) is 1.48. The molecule has 7 heteroatoms. The first kappa shape index (κ1) is 14.9. The number of hydrogen-bond acceptors (Lipinski definition) is 6. The van der Waals surface area contributed by atoms with Gasteiger partial charge in [-0.1, -0.05) is 13.8 Å². The third-order valence-corrected chi connectivity index (χ3v) is 2.77. The molecule has 0 radical (unpaired) electrons. The summed E-state index contributed by atoms with van der Waals surface area (Å²) in [5.74, 6) is 1.08. The maximum atomic E-state index is 5.85. The first-order valence-corrected chi connectivity index (χ1v) is 6.49. The molecule has 1 rings (SSSR count). The van der Waals surface area contributed by atoms with Crippen LogP contribution in [-0.4, -0.2) is 60.1 Å². The molecule has 1 aromatic rings. The van der Waals surface area contributed by atoms with Crippen LogP contribution >= 0.6 is 11.6 Å². The Balaban J connectivity index is 2.56. The molecular formula is C11H21ClN6. The molecule has 0 bridgehead atoms. The lowest BCUT2D eigenvalue weighted by Gasteiger charge is -2.18. The molecule has 1 heterocycles. The van der Waals surface area contributed by atoms with Crippen LogP contribution in [0.15, 0.2) is 0 Å². The standard InChI is InChI=1S/C11H21ClN6/c1-5-18(6-2)8-7-13-10-14-9(12)15-11(16-10)17(3)4/h5-8H2,1-4H3,(H,13,14,15,16). The van der Waals surface area contributed by atoms with Gasteiger partial charge in [0.2, 0.25) is 17.2 Å². The Hall–Kier alpha value is -1.14. The van der Waals surface area contributed by atoms with Crippen molar-refractivity contribution in [2.75, 3.05) is 50.5 Å². The third kappa shape index (κ3) is 4.62. The van der Waals surface area contributed by atoms with Crippen molar-refractivity contribution >= 4 is 23.5 Å². The highest BCUT2D eigenvalue weighted by Gasteiger charge is 2.06. The molecule has 1 aromatic heterocycles. The van der Waals surface area contributed by atoms with Crippen molar-refractivity contribution in [2.45, 2.75) is 13.8 Å². The Labute approximate surface area is 113 Å². The summed E-state index contributed by atoms with van der Waals surface area (Å²) in [6.07, 6.45) is 0. The maximum absolute atomic E-state index is 5.85. The van der Waals surface area contributed by atoms with E-state index in [9.17, 15) is 0 Å². The molecule has 18 heavy (non-hydrogen) atoms. The number of hydrogen-bond donors (Lipinski definition) is 1. The van der Waals surface area contributed by atoms with Crippen molar-refractivity contribution < 1.29 is 0 Å². The SMILES string of the molecule is CCN(CC)CCNc1nc(Cl)nc(N(C)C)n1. The van der Waals surface area contributed by atoms with E-state index in [1.807, 2.05) is 14.1 Å². The Morgan fingerprint density at radius 1 is 1.11 bits per heavy atom. The number of nitrogens with zero attached hydrogens (tertiary/aromatic N) is 5. The Morgan fingerprint density at radius 3 is 2.33 bits per heavy atom. The molecule has 1 N–H and O–H groups in total. The van der Waals surface area contributed by atoms with E-state index in [1.165, 1.54) is 0 Å². The van der Waals surface area contributed by atoms with E-state index in [2.05, 4.69) is 39.0 Å². The fourth-order valence-corrected chi connectivity index (χ4v) is 1.64. The average Bonchev–Trinajstić information content (AvgIpc) is 2.34. The third-order valence-electron chi connectivity index (χ3n) is 2.60. The minimum atomic E-state index is 0.207. The van der Waals surface area contributed by atoms with Gasteiger partial charge < -0.3 is 15.1 Å². The van der Waals surface area contributed by atoms with Crippen LogP contribution in [0.3, 0.4) is 0 Å². The summed E-state index contributed by atoms with van der Waals surface area (Å²) >= 11 is 5.85. The number of aromatic nitrogens is 3. The van der Waals surface area contributed by atoms with Gasteiger partial charge in [0, 0.05) is 27.2 Å². The summed E-state index contributed by atoms with van der Waals surface area (Å²) in [7, 11) is 3.73. The number of likely N-dealkylation sites (N-methyl/N-ethyl adjacent to an activating group) is 1. The maximum Gasteiger partial charge on any atom is 0.230 e. The van der Waals surface area contributed by atoms with Crippen LogP contribution in [0.4, 0.5) is 11.9 Å². The fraction of sp³-hybridized carbons (Fsp3) is 0.727. The van der Waals surface area contributed by atoms with E-state index in [0.717, 1.165) is 26.2 Å². The van der Waals surface area contributed by atoms with Gasteiger partial charge in [-0.15, -0.1) is 0 Å². The zero-order valence-electron chi connectivity index (χ0n) is 11.4. The van der Waals surface area contributed by atoms with E-state index in [-0.39, 0.29) is 5.28 Å². The molecule has 6 nitrogen and oxygen atoms in total. The van der Waals surface area contributed by atoms with Crippen LogP contribution in [0.2, 0.25) is 5.28 Å². The molecule has 0 aromatic carbocycles. The lowest BCUT2D eigenvalue weighted by molar-refractivity contribution is 0.316. The zero-order chi connectivity index (χ0) is 13.5. The van der Waals surface area contributed by atoms with Crippen LogP contribution in [0, 0.1) is 0 Å². The Morgan fingerprint density at radius 2 is 1.78 bits per heavy atom. The number of halogens is 1. The smallest absolute Gasteiger partial charge is 0.230 e. The Bertz CT molecular complexity index is 367. The molecule has 0 unspecified atom stereocenters. The van der Waals surface area contributed by atoms with Crippen molar-refractivity contribution in [2.24, 2.45) is 0 Å². The van der Waals surface area contributed by atoms with Gasteiger partial charge in [0.25, 0.3) is 0 Å². The predicted molar refractivity (Wildman–Crippen MR) is 75.4 cm³/mol. The highest BCUT2D eigenvalue weighted by Crippen LogP contribution is 2.11. The number of nitrogens with one attached hydrogen (secondary N) is 1. The summed E-state index contributed by atoms with van der Waals surface area (Å²) in [6.45, 7) is 8.11. The molecule has 0 aliphatic rings. The van der Waals surface area contributed by atoms with Gasteiger partial charge in [-0.05, 0) is 24.7 Å². The average molecular weight is 273 g/mol. The molecule has 0 aliphatic carbocycles. The molecule has 0 fully saturated rings. The van der Waals surface area contributed by atoms with Crippen molar-refractivity contribution in [1.82, 2.24) is 19.9 Å². The lowest BCUT2D eigenvalue weighted by Crippen LogP contribution is -2.29. The van der Waals surface area contributed by atoms with Crippen molar-refractivity contribution in [3.05, 3.63) is 5.28 Å². The van der Waals surface area contributed by atoms with Crippen LogP contribution in [0.25, 0.3) is 0 Å². The minimum absolute atomic E-state index is 0.207. The van der Waals surface area contributed by atoms with Gasteiger partial charge in [-0.2, -0.15) is 15.0 Å². The molecule has 0 atom stereocenters. The minimum Gasteiger partial charge on any atom is -0.353 e. The first-order valence-electron chi connectivity index (χ1n) is 6.12. The molecule has 0 aliphatic heterocycles. The highest BCUT2D eigenvalue weighted by molar-refractivity contribution is 6.28. The number of rotatable bonds is 7. The van der Waals surface area contributed by atoms with Crippen molar-refractivity contribution in [3.8, 4) is 0 Å². The second-order valence-electron chi connectivity index (χ2n) is 4.08. The van der Waals surface area contributed by atoms with Gasteiger partial charge in [-0.25, -0.2) is 0 Å². The summed E-state index contributed by atoms with van der Waals surface area (Å²) < 4.78 is 0. The van der Waals surface area contributed by atoms with Crippen molar-refractivity contribution in [1.29, 1.82) is 0 Å². The van der Waals surface area contributed by atoms with Gasteiger partial charge in [0.15, 0.2) is 0 Å². The van der Waals surface area contributed by atoms with Crippen LogP contribution < -0.4 is 10.2 Å². The summed E-state index contributed by atoms with van der Waals surface area (Å²) in [5, 5.41) is 3.37. The predicted octanol–water partition coefficient (Wildman–Crippen LogP) is 1.34. The van der Waals surface area contributed by atoms with Crippen LogP contribution in [-0.2, 0) is 0 Å². The molecule has 0 spiro atoms. The number of anilines is 2. The topological polar surface area (TPSA) is 57.2 Å². The monoisotopic (exact) mass is 272 g/mol. The summed E-state index contributed by atoms with van der Waals surface area (Å²) in [6, 6.07) is 0. The normalized spacial score (nSPS) is 10.8. The van der Waals surface area contributed by atoms with E-state index in [0.29, 0.717) is 11.9 Å². The molecule has 0 saturated heterocycles. The van der Waals surface area contributed by atoms with E-state index in [4.69, 9.17) is 11.6 Å².